The molecular formula is C19H21BN2O3. The molecule has 1 aliphatic rings. The number of aromatic nitrogens is 2. The van der Waals surface area contributed by atoms with Crippen molar-refractivity contribution in [2.75, 3.05) is 0 Å². The van der Waals surface area contributed by atoms with Crippen LogP contribution >= 0.6 is 0 Å². The Morgan fingerprint density at radius 2 is 1.96 bits per heavy atom. The van der Waals surface area contributed by atoms with E-state index in [1.807, 2.05) is 45.0 Å². The van der Waals surface area contributed by atoms with Gasteiger partial charge in [0.05, 0.1) is 5.41 Å². The zero-order valence-electron chi connectivity index (χ0n) is 14.8. The van der Waals surface area contributed by atoms with E-state index < -0.39 is 11.6 Å². The predicted molar refractivity (Wildman–Crippen MR) is 94.8 cm³/mol. The van der Waals surface area contributed by atoms with Gasteiger partial charge in [-0.3, -0.25) is 0 Å². The van der Waals surface area contributed by atoms with Gasteiger partial charge >= 0.3 is 5.97 Å². The van der Waals surface area contributed by atoms with Crippen LogP contribution in [0.5, 0.6) is 0 Å². The number of nitrogens with zero attached hydrogens (tertiary/aromatic N) is 2. The minimum Gasteiger partial charge on any atom is -0.457 e. The highest BCUT2D eigenvalue weighted by molar-refractivity contribution is 6.32. The number of carbonyl (C=O) groups is 1. The molecule has 0 spiro atoms. The van der Waals surface area contributed by atoms with Gasteiger partial charge in [0.25, 0.3) is 0 Å². The first-order valence-corrected chi connectivity index (χ1v) is 8.30. The average molecular weight is 336 g/mol. The highest BCUT2D eigenvalue weighted by Gasteiger charge is 2.50. The lowest BCUT2D eigenvalue weighted by Crippen LogP contribution is -2.25. The molecule has 25 heavy (non-hydrogen) atoms. The third-order valence-corrected chi connectivity index (χ3v) is 4.15. The number of esters is 1. The summed E-state index contributed by atoms with van der Waals surface area (Å²) in [6.07, 6.45) is 2.10. The Hall–Kier alpha value is -2.37. The molecule has 1 saturated carbocycles. The van der Waals surface area contributed by atoms with Crippen molar-refractivity contribution in [3.05, 3.63) is 53.7 Å². The summed E-state index contributed by atoms with van der Waals surface area (Å²) in [5.41, 5.74) is 1.35. The van der Waals surface area contributed by atoms with Gasteiger partial charge in [0.2, 0.25) is 5.89 Å². The van der Waals surface area contributed by atoms with Gasteiger partial charge in [-0.05, 0) is 39.2 Å². The third kappa shape index (κ3) is 3.84. The molecule has 1 heterocycles. The molecule has 0 amide bonds. The third-order valence-electron chi connectivity index (χ3n) is 4.15. The maximum Gasteiger partial charge on any atom is 0.334 e. The topological polar surface area (TPSA) is 65.2 Å². The molecule has 128 valence electrons. The maximum atomic E-state index is 12.0. The molecule has 2 radical (unpaired) electrons. The van der Waals surface area contributed by atoms with Crippen molar-refractivity contribution in [3.63, 3.8) is 0 Å². The fourth-order valence-electron chi connectivity index (χ4n) is 2.69. The molecule has 1 aliphatic carbocycles. The van der Waals surface area contributed by atoms with Crippen LogP contribution in [0.25, 0.3) is 0 Å². The van der Waals surface area contributed by atoms with Gasteiger partial charge in [-0.15, -0.1) is 0 Å². The lowest BCUT2D eigenvalue weighted by molar-refractivity contribution is -0.149. The van der Waals surface area contributed by atoms with Crippen LogP contribution in [0.3, 0.4) is 0 Å². The van der Waals surface area contributed by atoms with E-state index in [4.69, 9.17) is 17.1 Å². The molecule has 1 aromatic carbocycles. The van der Waals surface area contributed by atoms with Gasteiger partial charge in [0.1, 0.15) is 13.4 Å². The van der Waals surface area contributed by atoms with E-state index in [1.165, 1.54) is 0 Å². The van der Waals surface area contributed by atoms with Crippen molar-refractivity contribution in [2.24, 2.45) is 0 Å². The molecule has 1 aromatic heterocycles. The minimum atomic E-state index is -0.560. The number of rotatable bonds is 5. The smallest absolute Gasteiger partial charge is 0.334 e. The molecule has 0 N–H and O–H groups in total. The lowest BCUT2D eigenvalue weighted by atomic mass is 9.90. The van der Waals surface area contributed by atoms with Gasteiger partial charge < -0.3 is 9.26 Å². The molecule has 6 heteroatoms. The van der Waals surface area contributed by atoms with Gasteiger partial charge in [0.15, 0.2) is 5.82 Å². The second kappa shape index (κ2) is 6.17. The van der Waals surface area contributed by atoms with Gasteiger partial charge in [0, 0.05) is 12.0 Å². The largest absolute Gasteiger partial charge is 0.457 e. The first kappa shape index (κ1) is 17.5. The molecule has 1 fully saturated rings. The van der Waals surface area contributed by atoms with E-state index in [-0.39, 0.29) is 11.8 Å². The SMILES string of the molecule is [B]c1ccc(C2(c3nc(CC(=C)C(=O)OC(C)(C)C)no3)CC2)cc1. The molecular weight excluding hydrogens is 315 g/mol. The summed E-state index contributed by atoms with van der Waals surface area (Å²) >= 11 is 0. The Morgan fingerprint density at radius 1 is 1.32 bits per heavy atom. The number of ether oxygens (including phenoxy) is 1. The van der Waals surface area contributed by atoms with E-state index >= 15 is 0 Å². The molecule has 0 saturated heterocycles. The van der Waals surface area contributed by atoms with Crippen LogP contribution in [-0.2, 0) is 21.4 Å². The van der Waals surface area contributed by atoms with E-state index in [2.05, 4.69) is 16.7 Å². The quantitative estimate of drug-likeness (QED) is 0.476. The Bertz CT molecular complexity index is 799. The Balaban J connectivity index is 1.72. The van der Waals surface area contributed by atoms with Crippen LogP contribution in [0.15, 0.2) is 40.9 Å². The van der Waals surface area contributed by atoms with Crippen LogP contribution in [0.4, 0.5) is 0 Å². The first-order chi connectivity index (χ1) is 11.7. The van der Waals surface area contributed by atoms with E-state index in [1.54, 1.807) is 0 Å². The summed E-state index contributed by atoms with van der Waals surface area (Å²) in [6.45, 7) is 9.22. The Labute approximate surface area is 148 Å². The summed E-state index contributed by atoms with van der Waals surface area (Å²) in [5, 5.41) is 4.00. The Kier molecular flexibility index (Phi) is 4.31. The van der Waals surface area contributed by atoms with Crippen molar-refractivity contribution in [1.82, 2.24) is 10.1 Å². The predicted octanol–water partition coefficient (Wildman–Crippen LogP) is 2.38. The van der Waals surface area contributed by atoms with Gasteiger partial charge in [-0.25, -0.2) is 4.79 Å². The van der Waals surface area contributed by atoms with Crippen molar-refractivity contribution in [3.8, 4) is 0 Å². The first-order valence-electron chi connectivity index (χ1n) is 8.30. The van der Waals surface area contributed by atoms with Crippen LogP contribution in [0.1, 0.15) is 50.9 Å². The minimum absolute atomic E-state index is 0.205. The van der Waals surface area contributed by atoms with E-state index in [9.17, 15) is 4.79 Å². The molecule has 2 aromatic rings. The zero-order valence-corrected chi connectivity index (χ0v) is 14.8. The number of benzene rings is 1. The van der Waals surface area contributed by atoms with Crippen molar-refractivity contribution < 1.29 is 14.1 Å². The molecule has 0 atom stereocenters. The van der Waals surface area contributed by atoms with Crippen LogP contribution in [0, 0.1) is 0 Å². The standard InChI is InChI=1S/C19H21BN2O3/c1-12(16(23)24-18(2,3)4)11-15-21-17(25-22-15)19(9-10-19)13-5-7-14(20)8-6-13/h5-8H,1,9-11H2,2-4H3. The second-order valence-corrected chi connectivity index (χ2v) is 7.50. The summed E-state index contributed by atoms with van der Waals surface area (Å²) in [7, 11) is 5.76. The molecule has 3 rings (SSSR count). The summed E-state index contributed by atoms with van der Waals surface area (Å²) in [6, 6.07) is 7.73. The van der Waals surface area contributed by atoms with E-state index in [0.717, 1.165) is 23.9 Å². The van der Waals surface area contributed by atoms with Crippen LogP contribution < -0.4 is 5.46 Å². The molecule has 5 nitrogen and oxygen atoms in total. The monoisotopic (exact) mass is 336 g/mol. The lowest BCUT2D eigenvalue weighted by Gasteiger charge is -2.19. The number of carbonyl (C=O) groups excluding carboxylic acids is 1. The second-order valence-electron chi connectivity index (χ2n) is 7.50. The summed E-state index contributed by atoms with van der Waals surface area (Å²) in [4.78, 5) is 16.5. The Morgan fingerprint density at radius 3 is 2.52 bits per heavy atom. The van der Waals surface area contributed by atoms with E-state index in [0.29, 0.717) is 17.3 Å². The number of hydrogen-bond acceptors (Lipinski definition) is 5. The highest BCUT2D eigenvalue weighted by atomic mass is 16.6. The average Bonchev–Trinajstić information content (AvgIpc) is 3.19. The van der Waals surface area contributed by atoms with Crippen LogP contribution in [0.2, 0.25) is 0 Å². The molecule has 0 bridgehead atoms. The fraction of sp³-hybridized carbons (Fsp3) is 0.421. The zero-order chi connectivity index (χ0) is 18.2. The van der Waals surface area contributed by atoms with Crippen molar-refractivity contribution in [2.45, 2.75) is 51.0 Å². The summed E-state index contributed by atoms with van der Waals surface area (Å²) in [5.74, 6) is 0.565. The van der Waals surface area contributed by atoms with Crippen molar-refractivity contribution >= 4 is 19.3 Å². The summed E-state index contributed by atoms with van der Waals surface area (Å²) < 4.78 is 10.8. The van der Waals surface area contributed by atoms with Gasteiger partial charge in [-0.1, -0.05) is 41.5 Å². The molecule has 0 aliphatic heterocycles. The highest BCUT2D eigenvalue weighted by Crippen LogP contribution is 2.52. The van der Waals surface area contributed by atoms with Gasteiger partial charge in [-0.2, -0.15) is 4.98 Å². The van der Waals surface area contributed by atoms with Crippen LogP contribution in [-0.4, -0.2) is 29.6 Å². The maximum absolute atomic E-state index is 12.0. The fourth-order valence-corrected chi connectivity index (χ4v) is 2.69. The molecule has 0 unspecified atom stereocenters. The number of hydrogen-bond donors (Lipinski definition) is 0. The van der Waals surface area contributed by atoms with Crippen molar-refractivity contribution in [1.29, 1.82) is 0 Å². The normalized spacial score (nSPS) is 15.6.